The third-order valence-electron chi connectivity index (χ3n) is 4.79. The van der Waals surface area contributed by atoms with E-state index in [-0.39, 0.29) is 22.6 Å². The Morgan fingerprint density at radius 3 is 2.56 bits per heavy atom. The zero-order valence-electron chi connectivity index (χ0n) is 15.2. The zero-order chi connectivity index (χ0) is 19.1. The van der Waals surface area contributed by atoms with Crippen LogP contribution >= 0.6 is 0 Å². The lowest BCUT2D eigenvalue weighted by Gasteiger charge is -2.18. The van der Waals surface area contributed by atoms with Gasteiger partial charge in [0.2, 0.25) is 11.1 Å². The molecule has 6 nitrogen and oxygen atoms in total. The number of nitrogens with zero attached hydrogens (tertiary/aromatic N) is 2. The van der Waals surface area contributed by atoms with Crippen LogP contribution in [-0.2, 0) is 0 Å². The Balaban J connectivity index is 2.04. The molecular formula is C21H18N2O4. The van der Waals surface area contributed by atoms with Crippen molar-refractivity contribution in [1.82, 2.24) is 9.55 Å². The summed E-state index contributed by atoms with van der Waals surface area (Å²) in [5, 5.41) is 0.283. The van der Waals surface area contributed by atoms with Gasteiger partial charge in [0.05, 0.1) is 18.5 Å². The van der Waals surface area contributed by atoms with Crippen molar-refractivity contribution in [3.05, 3.63) is 80.5 Å². The smallest absolute Gasteiger partial charge is 0.269 e. The Kier molecular flexibility index (Phi) is 4.03. The molecule has 2 aromatic heterocycles. The number of methoxy groups -OCH3 is 1. The Morgan fingerprint density at radius 2 is 1.85 bits per heavy atom. The summed E-state index contributed by atoms with van der Waals surface area (Å²) < 4.78 is 12.5. The molecule has 0 saturated carbocycles. The second kappa shape index (κ2) is 6.39. The van der Waals surface area contributed by atoms with Crippen LogP contribution in [0.25, 0.3) is 22.1 Å². The minimum atomic E-state index is -0.402. The lowest BCUT2D eigenvalue weighted by molar-refractivity contribution is 0.414. The van der Waals surface area contributed by atoms with Crippen LogP contribution in [0.4, 0.5) is 0 Å². The highest BCUT2D eigenvalue weighted by Crippen LogP contribution is 2.22. The highest BCUT2D eigenvalue weighted by atomic mass is 16.5. The maximum absolute atomic E-state index is 13.2. The highest BCUT2D eigenvalue weighted by Gasteiger charge is 2.20. The molecule has 4 aromatic rings. The maximum Gasteiger partial charge on any atom is 0.269 e. The number of rotatable bonds is 3. The monoisotopic (exact) mass is 362 g/mol. The van der Waals surface area contributed by atoms with E-state index in [2.05, 4.69) is 4.98 Å². The number of hydrogen-bond donors (Lipinski definition) is 0. The third-order valence-corrected chi connectivity index (χ3v) is 4.79. The molecule has 0 saturated heterocycles. The topological polar surface area (TPSA) is 74.3 Å². The number of aryl methyl sites for hydroxylation is 1. The van der Waals surface area contributed by atoms with Crippen molar-refractivity contribution in [3.8, 4) is 5.75 Å². The predicted molar refractivity (Wildman–Crippen MR) is 104 cm³/mol. The predicted octanol–water partition coefficient (Wildman–Crippen LogP) is 3.43. The van der Waals surface area contributed by atoms with E-state index in [4.69, 9.17) is 9.15 Å². The molecule has 0 amide bonds. The molecule has 27 heavy (non-hydrogen) atoms. The van der Waals surface area contributed by atoms with E-state index in [0.717, 1.165) is 5.56 Å². The Bertz CT molecular complexity index is 1270. The summed E-state index contributed by atoms with van der Waals surface area (Å²) in [6, 6.07) is 14.2. The van der Waals surface area contributed by atoms with E-state index in [0.29, 0.717) is 22.5 Å². The van der Waals surface area contributed by atoms with Gasteiger partial charge in [0, 0.05) is 6.07 Å². The van der Waals surface area contributed by atoms with E-state index in [1.807, 2.05) is 37.3 Å². The van der Waals surface area contributed by atoms with Crippen LogP contribution in [-0.4, -0.2) is 16.7 Å². The van der Waals surface area contributed by atoms with Crippen molar-refractivity contribution >= 4 is 22.1 Å². The van der Waals surface area contributed by atoms with Crippen molar-refractivity contribution in [1.29, 1.82) is 0 Å². The number of aromatic nitrogens is 2. The average Bonchev–Trinajstić information content (AvgIpc) is 2.67. The molecule has 0 unspecified atom stereocenters. The normalized spacial score (nSPS) is 12.4. The molecule has 136 valence electrons. The van der Waals surface area contributed by atoms with Crippen molar-refractivity contribution in [2.75, 3.05) is 7.11 Å². The lowest BCUT2D eigenvalue weighted by Crippen LogP contribution is -2.30. The molecule has 0 aliphatic carbocycles. The van der Waals surface area contributed by atoms with Crippen LogP contribution in [0.1, 0.15) is 24.4 Å². The van der Waals surface area contributed by atoms with Gasteiger partial charge in [0.25, 0.3) is 5.56 Å². The van der Waals surface area contributed by atoms with E-state index < -0.39 is 5.56 Å². The van der Waals surface area contributed by atoms with Crippen molar-refractivity contribution in [2.45, 2.75) is 19.9 Å². The summed E-state index contributed by atoms with van der Waals surface area (Å²) >= 11 is 0. The van der Waals surface area contributed by atoms with Gasteiger partial charge in [-0.1, -0.05) is 30.3 Å². The van der Waals surface area contributed by atoms with E-state index in [9.17, 15) is 9.59 Å². The molecule has 2 heterocycles. The summed E-state index contributed by atoms with van der Waals surface area (Å²) in [6.45, 7) is 3.64. The third kappa shape index (κ3) is 2.70. The second-order valence-electron chi connectivity index (χ2n) is 6.39. The average molecular weight is 362 g/mol. The van der Waals surface area contributed by atoms with Gasteiger partial charge in [0.1, 0.15) is 17.2 Å². The van der Waals surface area contributed by atoms with Gasteiger partial charge < -0.3 is 9.15 Å². The van der Waals surface area contributed by atoms with Crippen LogP contribution in [0, 0.1) is 6.92 Å². The van der Waals surface area contributed by atoms with Crippen LogP contribution in [0.15, 0.2) is 62.5 Å². The fraction of sp³-hybridized carbons (Fsp3) is 0.190. The van der Waals surface area contributed by atoms with Gasteiger partial charge in [-0.2, -0.15) is 4.98 Å². The molecule has 0 bridgehead atoms. The van der Waals surface area contributed by atoms with Crippen LogP contribution in [0.3, 0.4) is 0 Å². The number of hydrogen-bond acceptors (Lipinski definition) is 5. The SMILES string of the molecule is COc1ccc2c(=O)c3c(=O)n([C@@H](C)c4ccccc4)c(C)nc3oc2c1. The maximum atomic E-state index is 13.2. The Morgan fingerprint density at radius 1 is 1.11 bits per heavy atom. The fourth-order valence-corrected chi connectivity index (χ4v) is 3.36. The van der Waals surface area contributed by atoms with Crippen LogP contribution in [0.2, 0.25) is 0 Å². The van der Waals surface area contributed by atoms with Gasteiger partial charge >= 0.3 is 0 Å². The minimum Gasteiger partial charge on any atom is -0.497 e. The molecular weight excluding hydrogens is 344 g/mol. The molecule has 0 radical (unpaired) electrons. The molecule has 1 atom stereocenters. The first-order chi connectivity index (χ1) is 13.0. The number of ether oxygens (including phenoxy) is 1. The number of benzene rings is 2. The van der Waals surface area contributed by atoms with Crippen molar-refractivity contribution < 1.29 is 9.15 Å². The van der Waals surface area contributed by atoms with Gasteiger partial charge in [-0.05, 0) is 31.5 Å². The van der Waals surface area contributed by atoms with Gasteiger partial charge in [-0.25, -0.2) is 0 Å². The fourth-order valence-electron chi connectivity index (χ4n) is 3.36. The molecule has 2 aromatic carbocycles. The summed E-state index contributed by atoms with van der Waals surface area (Å²) in [6.07, 6.45) is 0. The van der Waals surface area contributed by atoms with Gasteiger partial charge in [-0.15, -0.1) is 0 Å². The minimum absolute atomic E-state index is 0.0407. The summed E-state index contributed by atoms with van der Waals surface area (Å²) in [4.78, 5) is 30.6. The second-order valence-corrected chi connectivity index (χ2v) is 6.39. The zero-order valence-corrected chi connectivity index (χ0v) is 15.2. The molecule has 0 fully saturated rings. The Hall–Kier alpha value is -3.41. The van der Waals surface area contributed by atoms with Crippen molar-refractivity contribution in [3.63, 3.8) is 0 Å². The first kappa shape index (κ1) is 17.0. The largest absolute Gasteiger partial charge is 0.497 e. The van der Waals surface area contributed by atoms with Crippen LogP contribution in [0.5, 0.6) is 5.75 Å². The highest BCUT2D eigenvalue weighted by molar-refractivity contribution is 5.88. The molecule has 0 aliphatic heterocycles. The molecule has 0 aliphatic rings. The first-order valence-electron chi connectivity index (χ1n) is 8.60. The lowest BCUT2D eigenvalue weighted by atomic mass is 10.1. The quantitative estimate of drug-likeness (QED) is 0.522. The van der Waals surface area contributed by atoms with Crippen molar-refractivity contribution in [2.24, 2.45) is 0 Å². The molecule has 4 rings (SSSR count). The van der Waals surface area contributed by atoms with Gasteiger partial charge in [-0.3, -0.25) is 14.2 Å². The Labute approximate surface area is 154 Å². The first-order valence-corrected chi connectivity index (χ1v) is 8.60. The summed E-state index contributed by atoms with van der Waals surface area (Å²) in [5.41, 5.74) is 0.547. The van der Waals surface area contributed by atoms with E-state index in [1.165, 1.54) is 11.7 Å². The van der Waals surface area contributed by atoms with Gasteiger partial charge in [0.15, 0.2) is 5.39 Å². The molecule has 0 spiro atoms. The standard InChI is InChI=1S/C21H18N2O4/c1-12(14-7-5-4-6-8-14)23-13(2)22-20-18(21(23)25)19(24)16-10-9-15(26-3)11-17(16)27-20/h4-12H,1-3H3/t12-/m0/s1. The van der Waals surface area contributed by atoms with E-state index >= 15 is 0 Å². The summed E-state index contributed by atoms with van der Waals surface area (Å²) in [5.74, 6) is 1.04. The van der Waals surface area contributed by atoms with Crippen LogP contribution < -0.4 is 15.7 Å². The number of fused-ring (bicyclic) bond motifs is 2. The van der Waals surface area contributed by atoms with E-state index in [1.54, 1.807) is 25.1 Å². The summed E-state index contributed by atoms with van der Waals surface area (Å²) in [7, 11) is 1.53. The molecule has 0 N–H and O–H groups in total. The molecule has 6 heteroatoms.